The molecule has 2 aromatic rings. The zero-order chi connectivity index (χ0) is 15.8. The quantitative estimate of drug-likeness (QED) is 0.826. The molecule has 0 spiro atoms. The summed E-state index contributed by atoms with van der Waals surface area (Å²) in [7, 11) is -3.84. The van der Waals surface area contributed by atoms with Crippen molar-refractivity contribution in [3.8, 4) is 0 Å². The Morgan fingerprint density at radius 3 is 2.19 bits per heavy atom. The van der Waals surface area contributed by atoms with Crippen LogP contribution in [0.5, 0.6) is 0 Å². The van der Waals surface area contributed by atoms with Crippen LogP contribution in [0.25, 0.3) is 0 Å². The maximum atomic E-state index is 12.4. The topological polar surface area (TPSA) is 72.2 Å². The first-order valence-electron chi connectivity index (χ1n) is 6.05. The maximum Gasteiger partial charge on any atom is 0.263 e. The molecule has 4 nitrogen and oxygen atoms in total. The van der Waals surface area contributed by atoms with Crippen molar-refractivity contribution in [2.45, 2.75) is 18.7 Å². The first-order valence-corrected chi connectivity index (χ1v) is 8.29. The normalized spacial score (nSPS) is 11.4. The van der Waals surface area contributed by atoms with Crippen LogP contribution in [-0.4, -0.2) is 8.42 Å². The minimum atomic E-state index is -3.84. The lowest BCUT2D eigenvalue weighted by atomic mass is 10.1. The van der Waals surface area contributed by atoms with E-state index in [1.165, 1.54) is 12.1 Å². The Balaban J connectivity index is 2.46. The average Bonchev–Trinajstić information content (AvgIpc) is 2.33. The van der Waals surface area contributed by atoms with Gasteiger partial charge in [0, 0.05) is 5.69 Å². The smallest absolute Gasteiger partial charge is 0.263 e. The summed E-state index contributed by atoms with van der Waals surface area (Å²) in [5, 5.41) is 0.129. The molecule has 0 atom stereocenters. The highest BCUT2D eigenvalue weighted by Crippen LogP contribution is 2.34. The molecule has 0 radical (unpaired) electrons. The van der Waals surface area contributed by atoms with Gasteiger partial charge >= 0.3 is 0 Å². The molecule has 21 heavy (non-hydrogen) atoms. The maximum absolute atomic E-state index is 12.4. The number of benzene rings is 2. The van der Waals surface area contributed by atoms with Gasteiger partial charge < -0.3 is 5.73 Å². The molecule has 0 aromatic heterocycles. The van der Waals surface area contributed by atoms with Crippen LogP contribution in [0.3, 0.4) is 0 Å². The molecular formula is C14H14Cl2N2O2S. The Kier molecular flexibility index (Phi) is 4.37. The van der Waals surface area contributed by atoms with Gasteiger partial charge in [0.15, 0.2) is 0 Å². The standard InChI is InChI=1S/C14H14Cl2N2O2S/c1-8-5-9(2)7-10(6-8)18-21(19,20)12-4-3-11(15)14(17)13(12)16/h3-7,18H,17H2,1-2H3. The fourth-order valence-corrected chi connectivity index (χ4v) is 3.81. The van der Waals surface area contributed by atoms with E-state index < -0.39 is 10.0 Å². The Morgan fingerprint density at radius 1 is 1.05 bits per heavy atom. The summed E-state index contributed by atoms with van der Waals surface area (Å²) in [5.41, 5.74) is 8.08. The Labute approximate surface area is 133 Å². The Morgan fingerprint density at radius 2 is 1.62 bits per heavy atom. The number of halogens is 2. The number of anilines is 2. The second-order valence-corrected chi connectivity index (χ2v) is 7.19. The highest BCUT2D eigenvalue weighted by molar-refractivity contribution is 7.92. The minimum absolute atomic E-state index is 0.0432. The summed E-state index contributed by atoms with van der Waals surface area (Å²) in [6.45, 7) is 3.77. The van der Waals surface area contributed by atoms with Gasteiger partial charge in [-0.15, -0.1) is 0 Å². The van der Waals surface area contributed by atoms with E-state index in [9.17, 15) is 8.42 Å². The van der Waals surface area contributed by atoms with Crippen LogP contribution in [0.4, 0.5) is 11.4 Å². The van der Waals surface area contributed by atoms with Gasteiger partial charge in [-0.3, -0.25) is 4.72 Å². The van der Waals surface area contributed by atoms with Gasteiger partial charge in [0.05, 0.1) is 15.7 Å². The highest BCUT2D eigenvalue weighted by Gasteiger charge is 2.21. The van der Waals surface area contributed by atoms with E-state index in [4.69, 9.17) is 28.9 Å². The van der Waals surface area contributed by atoms with Crippen LogP contribution >= 0.6 is 23.2 Å². The third-order valence-electron chi connectivity index (χ3n) is 2.85. The van der Waals surface area contributed by atoms with Crippen LogP contribution in [0, 0.1) is 13.8 Å². The van der Waals surface area contributed by atoms with Crippen LogP contribution < -0.4 is 10.5 Å². The van der Waals surface area contributed by atoms with Crippen molar-refractivity contribution >= 4 is 44.6 Å². The van der Waals surface area contributed by atoms with Crippen LogP contribution in [0.2, 0.25) is 10.0 Å². The molecule has 0 aliphatic heterocycles. The molecule has 2 rings (SSSR count). The van der Waals surface area contributed by atoms with E-state index in [0.29, 0.717) is 5.69 Å². The number of sulfonamides is 1. The monoisotopic (exact) mass is 344 g/mol. The first-order chi connectivity index (χ1) is 9.70. The molecule has 2 aromatic carbocycles. The largest absolute Gasteiger partial charge is 0.396 e. The lowest BCUT2D eigenvalue weighted by Crippen LogP contribution is -2.14. The summed E-state index contributed by atoms with van der Waals surface area (Å²) >= 11 is 11.8. The lowest BCUT2D eigenvalue weighted by Gasteiger charge is -2.12. The van der Waals surface area contributed by atoms with E-state index >= 15 is 0 Å². The van der Waals surface area contributed by atoms with Gasteiger partial charge in [-0.25, -0.2) is 8.42 Å². The molecule has 0 unspecified atom stereocenters. The number of nitrogen functional groups attached to an aromatic ring is 1. The number of hydrogen-bond acceptors (Lipinski definition) is 3. The van der Waals surface area contributed by atoms with E-state index in [-0.39, 0.29) is 20.6 Å². The van der Waals surface area contributed by atoms with Gasteiger partial charge in [0.1, 0.15) is 4.90 Å². The fraction of sp³-hybridized carbons (Fsp3) is 0.143. The van der Waals surface area contributed by atoms with E-state index in [1.54, 1.807) is 12.1 Å². The van der Waals surface area contributed by atoms with Gasteiger partial charge in [0.2, 0.25) is 0 Å². The minimum Gasteiger partial charge on any atom is -0.396 e. The molecule has 0 fully saturated rings. The van der Waals surface area contributed by atoms with Crippen molar-refractivity contribution in [1.82, 2.24) is 0 Å². The molecule has 0 aliphatic rings. The summed E-state index contributed by atoms with van der Waals surface area (Å²) in [6.07, 6.45) is 0. The molecule has 7 heteroatoms. The van der Waals surface area contributed by atoms with Crippen molar-refractivity contribution in [3.63, 3.8) is 0 Å². The third-order valence-corrected chi connectivity index (χ3v) is 5.13. The molecule has 0 bridgehead atoms. The molecular weight excluding hydrogens is 331 g/mol. The predicted molar refractivity (Wildman–Crippen MR) is 87.6 cm³/mol. The van der Waals surface area contributed by atoms with Crippen molar-refractivity contribution < 1.29 is 8.42 Å². The highest BCUT2D eigenvalue weighted by atomic mass is 35.5. The van der Waals surface area contributed by atoms with Gasteiger partial charge in [-0.2, -0.15) is 0 Å². The van der Waals surface area contributed by atoms with E-state index in [2.05, 4.69) is 4.72 Å². The zero-order valence-corrected chi connectivity index (χ0v) is 13.8. The van der Waals surface area contributed by atoms with E-state index in [1.807, 2.05) is 19.9 Å². The summed E-state index contributed by atoms with van der Waals surface area (Å²) in [5.74, 6) is 0. The SMILES string of the molecule is Cc1cc(C)cc(NS(=O)(=O)c2ccc(Cl)c(N)c2Cl)c1. The van der Waals surface area contributed by atoms with Crippen LogP contribution in [0.15, 0.2) is 35.2 Å². The number of rotatable bonds is 3. The molecule has 0 aliphatic carbocycles. The van der Waals surface area contributed by atoms with Gasteiger partial charge in [-0.1, -0.05) is 29.3 Å². The zero-order valence-electron chi connectivity index (χ0n) is 11.4. The summed E-state index contributed by atoms with van der Waals surface area (Å²) in [4.78, 5) is -0.106. The molecule has 3 N–H and O–H groups in total. The number of hydrogen-bond donors (Lipinski definition) is 2. The average molecular weight is 345 g/mol. The van der Waals surface area contributed by atoms with Crippen LogP contribution in [0.1, 0.15) is 11.1 Å². The second kappa shape index (κ2) is 5.75. The number of aryl methyl sites for hydroxylation is 2. The summed E-state index contributed by atoms with van der Waals surface area (Å²) in [6, 6.07) is 8.14. The lowest BCUT2D eigenvalue weighted by molar-refractivity contribution is 0.601. The van der Waals surface area contributed by atoms with Gasteiger partial charge in [0.25, 0.3) is 10.0 Å². The molecule has 0 heterocycles. The van der Waals surface area contributed by atoms with Crippen molar-refractivity contribution in [2.75, 3.05) is 10.5 Å². The first kappa shape index (κ1) is 15.9. The Hall–Kier alpha value is -1.43. The van der Waals surface area contributed by atoms with E-state index in [0.717, 1.165) is 11.1 Å². The number of nitrogens with one attached hydrogen (secondary N) is 1. The van der Waals surface area contributed by atoms with Crippen molar-refractivity contribution in [1.29, 1.82) is 0 Å². The summed E-state index contributed by atoms with van der Waals surface area (Å²) < 4.78 is 27.3. The molecule has 0 amide bonds. The molecule has 0 saturated carbocycles. The predicted octanol–water partition coefficient (Wildman–Crippen LogP) is 3.99. The molecule has 0 saturated heterocycles. The second-order valence-electron chi connectivity index (χ2n) is 4.76. The van der Waals surface area contributed by atoms with Crippen molar-refractivity contribution in [3.05, 3.63) is 51.5 Å². The van der Waals surface area contributed by atoms with Crippen LogP contribution in [-0.2, 0) is 10.0 Å². The number of nitrogens with two attached hydrogens (primary N) is 1. The fourth-order valence-electron chi connectivity index (χ4n) is 2.00. The van der Waals surface area contributed by atoms with Crippen molar-refractivity contribution in [2.24, 2.45) is 0 Å². The Bertz CT molecular complexity index is 785. The molecule has 112 valence electrons. The van der Waals surface area contributed by atoms with Gasteiger partial charge in [-0.05, 0) is 49.2 Å². The third kappa shape index (κ3) is 3.43.